The number of hydrogen-bond acceptors (Lipinski definition) is 0. The van der Waals surface area contributed by atoms with Gasteiger partial charge in [0.1, 0.15) is 0 Å². The normalized spacial score (nSPS) is 17.7. The summed E-state index contributed by atoms with van der Waals surface area (Å²) in [5.41, 5.74) is 2.70. The molecular weight excluding hydrogens is 250 g/mol. The van der Waals surface area contributed by atoms with E-state index < -0.39 is 0 Å². The quantitative estimate of drug-likeness (QED) is 0.775. The lowest BCUT2D eigenvalue weighted by Gasteiger charge is -2.04. The minimum absolute atomic E-state index is 0.774. The summed E-state index contributed by atoms with van der Waals surface area (Å²) in [7, 11) is 0. The molecule has 1 aromatic heterocycles. The molecule has 1 nitrogen and oxygen atoms in total. The number of nitrogens with one attached hydrogen (secondary N) is 1. The maximum absolute atomic E-state index is 3.54. The molecule has 0 atom stereocenters. The Labute approximate surface area is 98.0 Å². The molecule has 1 saturated carbocycles. The number of H-pyrrole nitrogens is 1. The summed E-state index contributed by atoms with van der Waals surface area (Å²) >= 11 is 3.51. The molecule has 2 aromatic rings. The molecule has 0 spiro atoms. The van der Waals surface area contributed by atoms with E-state index in [2.05, 4.69) is 45.2 Å². The van der Waals surface area contributed by atoms with E-state index in [4.69, 9.17) is 0 Å². The summed E-state index contributed by atoms with van der Waals surface area (Å²) in [6.45, 7) is 0. The molecule has 1 aliphatic carbocycles. The molecule has 0 bridgehead atoms. The number of benzene rings is 1. The average molecular weight is 264 g/mol. The van der Waals surface area contributed by atoms with E-state index in [1.54, 1.807) is 0 Å². The fourth-order valence-corrected chi connectivity index (χ4v) is 2.96. The molecular formula is C13H14BrN. The Morgan fingerprint density at radius 2 is 1.93 bits per heavy atom. The van der Waals surface area contributed by atoms with Crippen molar-refractivity contribution in [2.24, 2.45) is 0 Å². The first kappa shape index (κ1) is 9.46. The Morgan fingerprint density at radius 3 is 2.73 bits per heavy atom. The molecule has 1 aliphatic rings. The van der Waals surface area contributed by atoms with Gasteiger partial charge in [-0.2, -0.15) is 0 Å². The van der Waals surface area contributed by atoms with Gasteiger partial charge in [0.25, 0.3) is 0 Å². The number of aromatic amines is 1. The van der Waals surface area contributed by atoms with Crippen LogP contribution in [0.25, 0.3) is 10.9 Å². The van der Waals surface area contributed by atoms with E-state index >= 15 is 0 Å². The van der Waals surface area contributed by atoms with Crippen LogP contribution in [0.2, 0.25) is 0 Å². The fourth-order valence-electron chi connectivity index (χ4n) is 2.58. The molecule has 15 heavy (non-hydrogen) atoms. The van der Waals surface area contributed by atoms with Crippen LogP contribution in [0, 0.1) is 0 Å². The molecule has 1 aromatic carbocycles. The third-order valence-electron chi connectivity index (χ3n) is 3.40. The van der Waals surface area contributed by atoms with Crippen LogP contribution < -0.4 is 0 Å². The van der Waals surface area contributed by atoms with Crippen LogP contribution in [0.4, 0.5) is 0 Å². The summed E-state index contributed by atoms with van der Waals surface area (Å²) in [5.74, 6) is 0.774. The van der Waals surface area contributed by atoms with Gasteiger partial charge >= 0.3 is 0 Å². The van der Waals surface area contributed by atoms with Gasteiger partial charge in [0.05, 0.1) is 0 Å². The molecule has 1 N–H and O–H groups in total. The van der Waals surface area contributed by atoms with Crippen LogP contribution in [0.1, 0.15) is 37.3 Å². The molecule has 0 saturated heterocycles. The highest BCUT2D eigenvalue weighted by Gasteiger charge is 2.18. The predicted octanol–water partition coefficient (Wildman–Crippen LogP) is 4.59. The van der Waals surface area contributed by atoms with Crippen molar-refractivity contribution in [1.29, 1.82) is 0 Å². The van der Waals surface area contributed by atoms with E-state index in [0.717, 1.165) is 10.4 Å². The van der Waals surface area contributed by atoms with Crippen molar-refractivity contribution in [3.05, 3.63) is 34.4 Å². The van der Waals surface area contributed by atoms with Crippen molar-refractivity contribution in [3.63, 3.8) is 0 Å². The number of hydrogen-bond donors (Lipinski definition) is 1. The molecule has 3 rings (SSSR count). The van der Waals surface area contributed by atoms with E-state index in [9.17, 15) is 0 Å². The van der Waals surface area contributed by atoms with Crippen LogP contribution in [0.3, 0.4) is 0 Å². The van der Waals surface area contributed by atoms with Crippen molar-refractivity contribution in [2.75, 3.05) is 0 Å². The Morgan fingerprint density at radius 1 is 1.13 bits per heavy atom. The topological polar surface area (TPSA) is 15.8 Å². The summed E-state index contributed by atoms with van der Waals surface area (Å²) in [6, 6.07) is 8.75. The van der Waals surface area contributed by atoms with Crippen molar-refractivity contribution in [2.45, 2.75) is 31.6 Å². The number of halogens is 1. The maximum atomic E-state index is 3.54. The lowest BCUT2D eigenvalue weighted by molar-refractivity contribution is 0.705. The van der Waals surface area contributed by atoms with E-state index in [0.29, 0.717) is 0 Å². The third kappa shape index (κ3) is 1.71. The Balaban J connectivity index is 2.05. The highest BCUT2D eigenvalue weighted by Crippen LogP contribution is 2.35. The molecule has 78 valence electrons. The standard InChI is InChI=1S/C13H14BrN/c14-11-5-6-12-10(7-11)8-13(15-12)9-3-1-2-4-9/h5-9,15H,1-4H2. The van der Waals surface area contributed by atoms with Crippen molar-refractivity contribution in [1.82, 2.24) is 4.98 Å². The fraction of sp³-hybridized carbons (Fsp3) is 0.385. The summed E-state index contributed by atoms with van der Waals surface area (Å²) in [4.78, 5) is 3.54. The minimum atomic E-state index is 0.774. The molecule has 0 amide bonds. The van der Waals surface area contributed by atoms with Gasteiger partial charge in [0.2, 0.25) is 0 Å². The van der Waals surface area contributed by atoms with Crippen LogP contribution in [-0.4, -0.2) is 4.98 Å². The lowest BCUT2D eigenvalue weighted by atomic mass is 10.0. The number of aromatic nitrogens is 1. The zero-order valence-electron chi connectivity index (χ0n) is 8.59. The first-order chi connectivity index (χ1) is 7.33. The van der Waals surface area contributed by atoms with Gasteiger partial charge in [-0.15, -0.1) is 0 Å². The van der Waals surface area contributed by atoms with Crippen molar-refractivity contribution >= 4 is 26.8 Å². The molecule has 0 unspecified atom stereocenters. The Bertz CT molecular complexity index is 480. The zero-order valence-corrected chi connectivity index (χ0v) is 10.2. The third-order valence-corrected chi connectivity index (χ3v) is 3.89. The molecule has 1 heterocycles. The number of fused-ring (bicyclic) bond motifs is 1. The van der Waals surface area contributed by atoms with Crippen LogP contribution >= 0.6 is 15.9 Å². The predicted molar refractivity (Wildman–Crippen MR) is 67.2 cm³/mol. The highest BCUT2D eigenvalue weighted by molar-refractivity contribution is 9.10. The van der Waals surface area contributed by atoms with Crippen molar-refractivity contribution in [3.8, 4) is 0 Å². The SMILES string of the molecule is Brc1ccc2[nH]c(C3CCCC3)cc2c1. The maximum Gasteiger partial charge on any atom is 0.0456 e. The minimum Gasteiger partial charge on any atom is -0.358 e. The van der Waals surface area contributed by atoms with Gasteiger partial charge in [-0.3, -0.25) is 0 Å². The molecule has 2 heteroatoms. The van der Waals surface area contributed by atoms with E-state index in [1.165, 1.54) is 42.3 Å². The van der Waals surface area contributed by atoms with E-state index in [-0.39, 0.29) is 0 Å². The smallest absolute Gasteiger partial charge is 0.0456 e. The van der Waals surface area contributed by atoms with Crippen LogP contribution in [-0.2, 0) is 0 Å². The number of rotatable bonds is 1. The highest BCUT2D eigenvalue weighted by atomic mass is 79.9. The first-order valence-corrected chi connectivity index (χ1v) is 6.40. The Kier molecular flexibility index (Phi) is 2.32. The van der Waals surface area contributed by atoms with Gasteiger partial charge < -0.3 is 4.98 Å². The van der Waals surface area contributed by atoms with Crippen LogP contribution in [0.15, 0.2) is 28.7 Å². The second-order valence-corrected chi connectivity index (χ2v) is 5.35. The van der Waals surface area contributed by atoms with Gasteiger partial charge in [-0.25, -0.2) is 0 Å². The molecule has 0 aliphatic heterocycles. The van der Waals surface area contributed by atoms with Gasteiger partial charge in [-0.05, 0) is 43.0 Å². The lowest BCUT2D eigenvalue weighted by Crippen LogP contribution is -1.90. The zero-order chi connectivity index (χ0) is 10.3. The Hall–Kier alpha value is -0.760. The second-order valence-electron chi connectivity index (χ2n) is 4.44. The van der Waals surface area contributed by atoms with E-state index in [1.807, 2.05) is 0 Å². The first-order valence-electron chi connectivity index (χ1n) is 5.61. The van der Waals surface area contributed by atoms with Gasteiger partial charge in [0.15, 0.2) is 0 Å². The van der Waals surface area contributed by atoms with Crippen LogP contribution in [0.5, 0.6) is 0 Å². The monoisotopic (exact) mass is 263 g/mol. The largest absolute Gasteiger partial charge is 0.358 e. The summed E-state index contributed by atoms with van der Waals surface area (Å²) in [6.07, 6.45) is 5.50. The van der Waals surface area contributed by atoms with Gasteiger partial charge in [0, 0.05) is 21.1 Å². The van der Waals surface area contributed by atoms with Gasteiger partial charge in [-0.1, -0.05) is 28.8 Å². The summed E-state index contributed by atoms with van der Waals surface area (Å²) < 4.78 is 1.16. The second kappa shape index (κ2) is 3.67. The molecule has 1 fully saturated rings. The average Bonchev–Trinajstić information content (AvgIpc) is 2.84. The summed E-state index contributed by atoms with van der Waals surface area (Å²) in [5, 5.41) is 1.33. The molecule has 0 radical (unpaired) electrons. The van der Waals surface area contributed by atoms with Crippen molar-refractivity contribution < 1.29 is 0 Å².